The second-order valence-electron chi connectivity index (χ2n) is 4.13. The van der Waals surface area contributed by atoms with Crippen molar-refractivity contribution < 1.29 is 22.4 Å². The number of halogens is 5. The number of anilines is 1. The van der Waals surface area contributed by atoms with Gasteiger partial charge in [0.2, 0.25) is 0 Å². The Morgan fingerprint density at radius 1 is 1.10 bits per heavy atom. The van der Waals surface area contributed by atoms with Crippen LogP contribution in [0.25, 0.3) is 0 Å². The quantitative estimate of drug-likeness (QED) is 0.796. The first kappa shape index (κ1) is 15.3. The Morgan fingerprint density at radius 3 is 2.38 bits per heavy atom. The minimum atomic E-state index is -4.53. The van der Waals surface area contributed by atoms with Crippen molar-refractivity contribution in [2.75, 3.05) is 5.32 Å². The van der Waals surface area contributed by atoms with Gasteiger partial charge >= 0.3 is 6.18 Å². The molecule has 0 atom stereocenters. The van der Waals surface area contributed by atoms with Crippen LogP contribution in [-0.4, -0.2) is 5.91 Å². The van der Waals surface area contributed by atoms with Crippen molar-refractivity contribution in [2.24, 2.45) is 0 Å². The number of benzene rings is 2. The molecule has 0 saturated carbocycles. The Labute approximate surface area is 122 Å². The molecule has 0 unspecified atom stereocenters. The Kier molecular flexibility index (Phi) is 4.18. The van der Waals surface area contributed by atoms with E-state index in [0.717, 1.165) is 24.3 Å². The Balaban J connectivity index is 2.28. The maximum atomic E-state index is 13.5. The number of carbonyl (C=O) groups is 1. The molecule has 0 bridgehead atoms. The average Bonchev–Trinajstić information content (AvgIpc) is 2.37. The molecule has 0 fully saturated rings. The SMILES string of the molecule is O=C(Nc1cccc(C(F)(F)F)c1)c1c(F)cccc1Cl. The Bertz CT molecular complexity index is 665. The van der Waals surface area contributed by atoms with E-state index in [1.54, 1.807) is 0 Å². The van der Waals surface area contributed by atoms with E-state index in [1.165, 1.54) is 18.2 Å². The third-order valence-corrected chi connectivity index (χ3v) is 2.95. The molecule has 2 aromatic rings. The van der Waals surface area contributed by atoms with Gasteiger partial charge in [-0.3, -0.25) is 4.79 Å². The number of rotatable bonds is 2. The molecule has 2 aromatic carbocycles. The molecule has 1 amide bonds. The van der Waals surface area contributed by atoms with E-state index in [1.807, 2.05) is 0 Å². The maximum absolute atomic E-state index is 13.5. The lowest BCUT2D eigenvalue weighted by molar-refractivity contribution is -0.137. The van der Waals surface area contributed by atoms with Gasteiger partial charge < -0.3 is 5.32 Å². The third kappa shape index (κ3) is 3.52. The van der Waals surface area contributed by atoms with Crippen LogP contribution in [0.2, 0.25) is 5.02 Å². The van der Waals surface area contributed by atoms with Gasteiger partial charge in [-0.25, -0.2) is 4.39 Å². The predicted molar refractivity (Wildman–Crippen MR) is 70.8 cm³/mol. The van der Waals surface area contributed by atoms with E-state index >= 15 is 0 Å². The number of alkyl halides is 3. The highest BCUT2D eigenvalue weighted by atomic mass is 35.5. The van der Waals surface area contributed by atoms with Crippen molar-refractivity contribution >= 4 is 23.2 Å². The van der Waals surface area contributed by atoms with Crippen molar-refractivity contribution in [3.63, 3.8) is 0 Å². The summed E-state index contributed by atoms with van der Waals surface area (Å²) in [6.07, 6.45) is -4.53. The predicted octanol–water partition coefficient (Wildman–Crippen LogP) is 4.75. The lowest BCUT2D eigenvalue weighted by Crippen LogP contribution is -2.15. The zero-order valence-corrected chi connectivity index (χ0v) is 11.1. The lowest BCUT2D eigenvalue weighted by atomic mass is 10.1. The molecule has 21 heavy (non-hydrogen) atoms. The standard InChI is InChI=1S/C14H8ClF4NO/c15-10-5-2-6-11(16)12(10)13(21)20-9-4-1-3-8(7-9)14(17,18)19/h1-7H,(H,20,21). The van der Waals surface area contributed by atoms with Gasteiger partial charge in [0.1, 0.15) is 5.82 Å². The lowest BCUT2D eigenvalue weighted by Gasteiger charge is -2.10. The van der Waals surface area contributed by atoms with E-state index in [0.29, 0.717) is 0 Å². The average molecular weight is 318 g/mol. The van der Waals surface area contributed by atoms with Gasteiger partial charge in [-0.2, -0.15) is 13.2 Å². The summed E-state index contributed by atoms with van der Waals surface area (Å²) in [7, 11) is 0. The fourth-order valence-corrected chi connectivity index (χ4v) is 1.93. The van der Waals surface area contributed by atoms with E-state index < -0.39 is 29.0 Å². The normalized spacial score (nSPS) is 11.3. The number of amides is 1. The number of carbonyl (C=O) groups excluding carboxylic acids is 1. The minimum Gasteiger partial charge on any atom is -0.322 e. The molecule has 1 N–H and O–H groups in total. The van der Waals surface area contributed by atoms with E-state index in [2.05, 4.69) is 5.32 Å². The second-order valence-corrected chi connectivity index (χ2v) is 4.54. The number of hydrogen-bond acceptors (Lipinski definition) is 1. The van der Waals surface area contributed by atoms with E-state index in [-0.39, 0.29) is 10.7 Å². The molecule has 110 valence electrons. The van der Waals surface area contributed by atoms with Crippen LogP contribution >= 0.6 is 11.6 Å². The maximum Gasteiger partial charge on any atom is 0.416 e. The largest absolute Gasteiger partial charge is 0.416 e. The summed E-state index contributed by atoms with van der Waals surface area (Å²) in [6.45, 7) is 0. The van der Waals surface area contributed by atoms with Crippen LogP contribution in [0.1, 0.15) is 15.9 Å². The monoisotopic (exact) mass is 317 g/mol. The van der Waals surface area contributed by atoms with Crippen molar-refractivity contribution in [3.05, 3.63) is 64.4 Å². The molecular formula is C14H8ClF4NO. The topological polar surface area (TPSA) is 29.1 Å². The molecule has 0 aliphatic carbocycles. The molecule has 2 nitrogen and oxygen atoms in total. The highest BCUT2D eigenvalue weighted by Gasteiger charge is 2.30. The van der Waals surface area contributed by atoms with Crippen molar-refractivity contribution in [3.8, 4) is 0 Å². The second kappa shape index (κ2) is 5.73. The number of hydrogen-bond donors (Lipinski definition) is 1. The fraction of sp³-hybridized carbons (Fsp3) is 0.0714. The molecule has 0 heterocycles. The smallest absolute Gasteiger partial charge is 0.322 e. The molecule has 0 spiro atoms. The Hall–Kier alpha value is -2.08. The van der Waals surface area contributed by atoms with Gasteiger partial charge in [0.15, 0.2) is 0 Å². The molecule has 0 aliphatic rings. The van der Waals surface area contributed by atoms with Crippen LogP contribution in [0.15, 0.2) is 42.5 Å². The first-order valence-electron chi connectivity index (χ1n) is 5.71. The summed E-state index contributed by atoms with van der Waals surface area (Å²) in [5.74, 6) is -1.77. The first-order valence-corrected chi connectivity index (χ1v) is 6.09. The number of nitrogens with one attached hydrogen (secondary N) is 1. The van der Waals surface area contributed by atoms with Crippen molar-refractivity contribution in [1.82, 2.24) is 0 Å². The van der Waals surface area contributed by atoms with Crippen LogP contribution in [0.5, 0.6) is 0 Å². The molecule has 0 radical (unpaired) electrons. The molecular weight excluding hydrogens is 310 g/mol. The zero-order chi connectivity index (χ0) is 15.6. The third-order valence-electron chi connectivity index (χ3n) is 2.64. The summed E-state index contributed by atoms with van der Waals surface area (Å²) in [5.41, 5.74) is -1.44. The Morgan fingerprint density at radius 2 is 1.76 bits per heavy atom. The molecule has 0 saturated heterocycles. The molecule has 7 heteroatoms. The summed E-state index contributed by atoms with van der Waals surface area (Å²) in [6, 6.07) is 7.69. The highest BCUT2D eigenvalue weighted by molar-refractivity contribution is 6.34. The van der Waals surface area contributed by atoms with Gasteiger partial charge in [-0.15, -0.1) is 0 Å². The molecule has 2 rings (SSSR count). The first-order chi connectivity index (χ1) is 9.79. The van der Waals surface area contributed by atoms with Gasteiger partial charge in [0.05, 0.1) is 16.1 Å². The highest BCUT2D eigenvalue weighted by Crippen LogP contribution is 2.31. The van der Waals surface area contributed by atoms with E-state index in [4.69, 9.17) is 11.6 Å². The van der Waals surface area contributed by atoms with Crippen LogP contribution in [0, 0.1) is 5.82 Å². The van der Waals surface area contributed by atoms with Gasteiger partial charge in [0, 0.05) is 5.69 Å². The van der Waals surface area contributed by atoms with Crippen LogP contribution < -0.4 is 5.32 Å². The summed E-state index contributed by atoms with van der Waals surface area (Å²) in [5, 5.41) is 2.06. The van der Waals surface area contributed by atoms with Gasteiger partial charge in [-0.05, 0) is 30.3 Å². The van der Waals surface area contributed by atoms with Crippen molar-refractivity contribution in [2.45, 2.75) is 6.18 Å². The van der Waals surface area contributed by atoms with Gasteiger partial charge in [0.25, 0.3) is 5.91 Å². The minimum absolute atomic E-state index is 0.103. The zero-order valence-electron chi connectivity index (χ0n) is 10.3. The summed E-state index contributed by atoms with van der Waals surface area (Å²) in [4.78, 5) is 11.9. The van der Waals surface area contributed by atoms with Crippen LogP contribution in [-0.2, 0) is 6.18 Å². The summed E-state index contributed by atoms with van der Waals surface area (Å²) >= 11 is 5.71. The molecule has 0 aliphatic heterocycles. The fourth-order valence-electron chi connectivity index (χ4n) is 1.68. The van der Waals surface area contributed by atoms with Gasteiger partial charge in [-0.1, -0.05) is 23.7 Å². The van der Waals surface area contributed by atoms with Crippen LogP contribution in [0.3, 0.4) is 0 Å². The van der Waals surface area contributed by atoms with Crippen molar-refractivity contribution in [1.29, 1.82) is 0 Å². The summed E-state index contributed by atoms with van der Waals surface area (Å²) < 4.78 is 51.2. The van der Waals surface area contributed by atoms with E-state index in [9.17, 15) is 22.4 Å². The molecule has 0 aromatic heterocycles. The van der Waals surface area contributed by atoms with Crippen LogP contribution in [0.4, 0.5) is 23.2 Å².